The maximum atomic E-state index is 13.4. The number of anilines is 1. The maximum absolute atomic E-state index is 13.4. The Morgan fingerprint density at radius 2 is 1.67 bits per heavy atom. The van der Waals surface area contributed by atoms with Crippen molar-refractivity contribution in [3.8, 4) is 27.8 Å². The van der Waals surface area contributed by atoms with Gasteiger partial charge in [-0.2, -0.15) is 5.10 Å². The van der Waals surface area contributed by atoms with Gasteiger partial charge in [0.2, 0.25) is 0 Å². The molecule has 3 aromatic carbocycles. The number of hydrogen-bond acceptors (Lipinski definition) is 5. The van der Waals surface area contributed by atoms with Crippen LogP contribution in [0.2, 0.25) is 0 Å². The number of benzene rings is 3. The highest BCUT2D eigenvalue weighted by atomic mass is 79.9. The summed E-state index contributed by atoms with van der Waals surface area (Å²) in [6.45, 7) is 0. The number of nitrogens with one attached hydrogen (secondary N) is 1. The number of ether oxygens (including phenoxy) is 1. The van der Waals surface area contributed by atoms with Crippen LogP contribution in [0.1, 0.15) is 20.7 Å². The highest BCUT2D eigenvalue weighted by Gasteiger charge is 2.20. The molecule has 178 valence electrons. The molecule has 0 fully saturated rings. The van der Waals surface area contributed by atoms with Crippen LogP contribution in [0.15, 0.2) is 101 Å². The van der Waals surface area contributed by atoms with Gasteiger partial charge in [0.25, 0.3) is 5.91 Å². The second-order valence-electron chi connectivity index (χ2n) is 7.69. The van der Waals surface area contributed by atoms with Crippen molar-refractivity contribution in [2.45, 2.75) is 0 Å². The zero-order chi connectivity index (χ0) is 25.1. The lowest BCUT2D eigenvalue weighted by atomic mass is 10.2. The molecule has 9 heteroatoms. The van der Waals surface area contributed by atoms with Crippen molar-refractivity contribution in [3.63, 3.8) is 0 Å². The molecule has 0 saturated carbocycles. The number of aromatic nitrogens is 2. The predicted molar refractivity (Wildman–Crippen MR) is 142 cm³/mol. The molecule has 0 aliphatic heterocycles. The van der Waals surface area contributed by atoms with Crippen LogP contribution >= 0.6 is 27.3 Å². The lowest BCUT2D eigenvalue weighted by Gasteiger charge is -2.09. The van der Waals surface area contributed by atoms with E-state index in [4.69, 9.17) is 4.74 Å². The number of hydrogen-bond donors (Lipinski definition) is 2. The van der Waals surface area contributed by atoms with Crippen LogP contribution in [0.5, 0.6) is 11.5 Å². The first-order valence-electron chi connectivity index (χ1n) is 10.8. The summed E-state index contributed by atoms with van der Waals surface area (Å²) in [5.74, 6) is -0.0539. The van der Waals surface area contributed by atoms with E-state index in [1.165, 1.54) is 23.5 Å². The molecule has 36 heavy (non-hydrogen) atoms. The molecule has 0 unspecified atom stereocenters. The van der Waals surface area contributed by atoms with Crippen LogP contribution in [0, 0.1) is 0 Å². The van der Waals surface area contributed by atoms with Gasteiger partial charge in [0.05, 0.1) is 25.5 Å². The van der Waals surface area contributed by atoms with E-state index in [2.05, 4.69) is 26.3 Å². The Hall–Kier alpha value is -4.21. The molecule has 0 saturated heterocycles. The second kappa shape index (κ2) is 10.2. The van der Waals surface area contributed by atoms with Crippen LogP contribution in [-0.4, -0.2) is 26.8 Å². The number of rotatable bonds is 7. The van der Waals surface area contributed by atoms with Crippen LogP contribution < -0.4 is 10.1 Å². The van der Waals surface area contributed by atoms with Crippen molar-refractivity contribution < 1.29 is 19.4 Å². The fraction of sp³-hybridized carbons (Fsp3) is 0. The molecule has 2 heterocycles. The number of amides is 1. The van der Waals surface area contributed by atoms with E-state index in [0.717, 1.165) is 8.66 Å². The average molecular weight is 560 g/mol. The molecular formula is C27H18BrN3O4S. The monoisotopic (exact) mass is 559 g/mol. The first kappa shape index (κ1) is 23.5. The number of thiophene rings is 1. The van der Waals surface area contributed by atoms with Crippen molar-refractivity contribution >= 4 is 44.8 Å². The largest absolute Gasteiger partial charge is 0.478 e. The van der Waals surface area contributed by atoms with Crippen molar-refractivity contribution in [2.24, 2.45) is 0 Å². The number of carbonyl (C=O) groups excluding carboxylic acids is 1. The Labute approximate surface area is 218 Å². The Morgan fingerprint density at radius 1 is 0.917 bits per heavy atom. The highest BCUT2D eigenvalue weighted by molar-refractivity contribution is 9.11. The highest BCUT2D eigenvalue weighted by Crippen LogP contribution is 2.33. The smallest absolute Gasteiger partial charge is 0.335 e. The molecule has 2 aromatic heterocycles. The third-order valence-corrected chi connectivity index (χ3v) is 6.85. The third kappa shape index (κ3) is 5.22. The summed E-state index contributed by atoms with van der Waals surface area (Å²) >= 11 is 4.93. The van der Waals surface area contributed by atoms with E-state index in [1.54, 1.807) is 41.2 Å². The maximum Gasteiger partial charge on any atom is 0.335 e. The standard InChI is InChI=1S/C27H18BrN3O4S/c28-24-14-13-23(36-24)25-22(16-31(30-25)19-11-9-17(10-12-19)27(33)34)26(32)29-18-5-4-8-21(15-18)35-20-6-2-1-3-7-20/h1-16H,(H,29,32)(H,33,34). The van der Waals surface area contributed by atoms with Gasteiger partial charge in [-0.15, -0.1) is 11.3 Å². The van der Waals surface area contributed by atoms with Crippen molar-refractivity contribution in [1.29, 1.82) is 0 Å². The molecule has 2 N–H and O–H groups in total. The Balaban J connectivity index is 1.45. The molecule has 0 aliphatic rings. The summed E-state index contributed by atoms with van der Waals surface area (Å²) in [4.78, 5) is 25.4. The molecular weight excluding hydrogens is 542 g/mol. The summed E-state index contributed by atoms with van der Waals surface area (Å²) in [5.41, 5.74) is 2.27. The van der Waals surface area contributed by atoms with Gasteiger partial charge in [-0.05, 0) is 76.6 Å². The molecule has 5 aromatic rings. The van der Waals surface area contributed by atoms with Crippen molar-refractivity contribution in [3.05, 3.63) is 112 Å². The topological polar surface area (TPSA) is 93.5 Å². The van der Waals surface area contributed by atoms with Gasteiger partial charge in [0.1, 0.15) is 17.2 Å². The summed E-state index contributed by atoms with van der Waals surface area (Å²) < 4.78 is 8.36. The normalized spacial score (nSPS) is 10.7. The first-order chi connectivity index (χ1) is 17.5. The first-order valence-corrected chi connectivity index (χ1v) is 12.4. The molecule has 0 bridgehead atoms. The van der Waals surface area contributed by atoms with E-state index < -0.39 is 5.97 Å². The second-order valence-corrected chi connectivity index (χ2v) is 10.2. The molecule has 0 aliphatic carbocycles. The Kier molecular flexibility index (Phi) is 6.66. The van der Waals surface area contributed by atoms with E-state index in [9.17, 15) is 14.7 Å². The molecule has 0 atom stereocenters. The van der Waals surface area contributed by atoms with Crippen molar-refractivity contribution in [2.75, 3.05) is 5.32 Å². The summed E-state index contributed by atoms with van der Waals surface area (Å²) in [7, 11) is 0. The predicted octanol–water partition coefficient (Wildman–Crippen LogP) is 7.11. The van der Waals surface area contributed by atoms with E-state index in [-0.39, 0.29) is 11.5 Å². The average Bonchev–Trinajstić information content (AvgIpc) is 3.51. The number of carboxylic acid groups (broad SMARTS) is 1. The fourth-order valence-corrected chi connectivity index (χ4v) is 4.90. The molecule has 0 spiro atoms. The van der Waals surface area contributed by atoms with Crippen molar-refractivity contribution in [1.82, 2.24) is 9.78 Å². The Morgan fingerprint density at radius 3 is 2.36 bits per heavy atom. The van der Waals surface area contributed by atoms with Gasteiger partial charge in [-0.25, -0.2) is 9.48 Å². The lowest BCUT2D eigenvalue weighted by molar-refractivity contribution is 0.0696. The van der Waals surface area contributed by atoms with Gasteiger partial charge < -0.3 is 15.2 Å². The number of carboxylic acids is 1. The number of aromatic carboxylic acids is 1. The number of nitrogens with zero attached hydrogens (tertiary/aromatic N) is 2. The minimum Gasteiger partial charge on any atom is -0.478 e. The number of carbonyl (C=O) groups is 2. The van der Waals surface area contributed by atoms with Gasteiger partial charge in [-0.3, -0.25) is 4.79 Å². The van der Waals surface area contributed by atoms with E-state index in [1.807, 2.05) is 48.5 Å². The molecule has 7 nitrogen and oxygen atoms in total. The molecule has 5 rings (SSSR count). The lowest BCUT2D eigenvalue weighted by Crippen LogP contribution is -2.12. The summed E-state index contributed by atoms with van der Waals surface area (Å²) in [6, 6.07) is 26.6. The minimum atomic E-state index is -1.01. The number of halogens is 1. The van der Waals surface area contributed by atoms with Crippen LogP contribution in [-0.2, 0) is 0 Å². The van der Waals surface area contributed by atoms with E-state index in [0.29, 0.717) is 34.1 Å². The molecule has 0 radical (unpaired) electrons. The molecule has 1 amide bonds. The SMILES string of the molecule is O=C(O)c1ccc(-n2cc(C(=O)Nc3cccc(Oc4ccccc4)c3)c(-c3ccc(Br)s3)n2)cc1. The van der Waals surface area contributed by atoms with Crippen LogP contribution in [0.4, 0.5) is 5.69 Å². The van der Waals surface area contributed by atoms with Gasteiger partial charge >= 0.3 is 5.97 Å². The Bertz CT molecular complexity index is 1550. The quantitative estimate of drug-likeness (QED) is 0.221. The van der Waals surface area contributed by atoms with Gasteiger partial charge in [0, 0.05) is 18.0 Å². The zero-order valence-electron chi connectivity index (χ0n) is 18.6. The summed E-state index contributed by atoms with van der Waals surface area (Å²) in [5, 5.41) is 16.8. The van der Waals surface area contributed by atoms with Crippen LogP contribution in [0.3, 0.4) is 0 Å². The zero-order valence-corrected chi connectivity index (χ0v) is 21.0. The van der Waals surface area contributed by atoms with E-state index >= 15 is 0 Å². The fourth-order valence-electron chi connectivity index (χ4n) is 3.51. The summed E-state index contributed by atoms with van der Waals surface area (Å²) in [6.07, 6.45) is 1.64. The van der Waals surface area contributed by atoms with Gasteiger partial charge in [0.15, 0.2) is 0 Å². The number of para-hydroxylation sites is 1. The third-order valence-electron chi connectivity index (χ3n) is 5.22. The minimum absolute atomic E-state index is 0.170. The van der Waals surface area contributed by atoms with Gasteiger partial charge in [-0.1, -0.05) is 24.3 Å². The van der Waals surface area contributed by atoms with Crippen LogP contribution in [0.25, 0.3) is 16.3 Å².